The maximum absolute atomic E-state index is 9.37. The van der Waals surface area contributed by atoms with Crippen LogP contribution in [0.2, 0.25) is 0 Å². The lowest BCUT2D eigenvalue weighted by atomic mass is 9.79. The number of rotatable bonds is 7. The molecule has 0 saturated carbocycles. The lowest BCUT2D eigenvalue weighted by molar-refractivity contribution is -0.136. The van der Waals surface area contributed by atoms with Crippen LogP contribution < -0.4 is 0 Å². The molecule has 0 aliphatic heterocycles. The van der Waals surface area contributed by atoms with Crippen LogP contribution >= 0.6 is 0 Å². The van der Waals surface area contributed by atoms with E-state index in [1.807, 2.05) is 36.4 Å². The molecule has 4 heteroatoms. The molecule has 0 fully saturated rings. The number of carbonyl (C=O) groups is 1. The Bertz CT molecular complexity index is 1000. The molecule has 3 aromatic carbocycles. The minimum absolute atomic E-state index is 0.222. The Morgan fingerprint density at radius 3 is 2.15 bits per heavy atom. The summed E-state index contributed by atoms with van der Waals surface area (Å²) in [5, 5.41) is 12.3. The summed E-state index contributed by atoms with van der Waals surface area (Å²) >= 11 is 0. The molecule has 0 aromatic heterocycles. The molecule has 4 nitrogen and oxygen atoms in total. The second-order valence-electron chi connectivity index (χ2n) is 8.27. The van der Waals surface area contributed by atoms with Gasteiger partial charge in [0.25, 0.3) is 0 Å². The van der Waals surface area contributed by atoms with E-state index in [-0.39, 0.29) is 6.42 Å². The Kier molecular flexibility index (Phi) is 9.25. The number of hydrogen-bond acceptors (Lipinski definition) is 3. The molecule has 33 heavy (non-hydrogen) atoms. The van der Waals surface area contributed by atoms with E-state index in [0.29, 0.717) is 12.5 Å². The van der Waals surface area contributed by atoms with E-state index in [4.69, 9.17) is 9.94 Å². The highest BCUT2D eigenvalue weighted by atomic mass is 16.6. The quantitative estimate of drug-likeness (QED) is 0.249. The minimum Gasteiger partial charge on any atom is -0.481 e. The smallest absolute Gasteiger partial charge is 0.303 e. The Labute approximate surface area is 196 Å². The van der Waals surface area contributed by atoms with E-state index >= 15 is 0 Å². The average molecular weight is 444 g/mol. The molecule has 1 unspecified atom stereocenters. The van der Waals surface area contributed by atoms with Crippen molar-refractivity contribution in [3.63, 3.8) is 0 Å². The van der Waals surface area contributed by atoms with Gasteiger partial charge in [-0.3, -0.25) is 4.79 Å². The number of aryl methyl sites for hydroxylation is 1. The summed E-state index contributed by atoms with van der Waals surface area (Å²) in [6.07, 6.45) is 4.96. The number of fused-ring (bicyclic) bond motifs is 1. The van der Waals surface area contributed by atoms with Gasteiger partial charge in [-0.2, -0.15) is 0 Å². The third-order valence-electron chi connectivity index (χ3n) is 5.98. The molecule has 1 aliphatic rings. The lowest BCUT2D eigenvalue weighted by Gasteiger charge is -2.26. The van der Waals surface area contributed by atoms with E-state index < -0.39 is 5.97 Å². The van der Waals surface area contributed by atoms with Crippen LogP contribution in [-0.2, 0) is 16.1 Å². The fourth-order valence-corrected chi connectivity index (χ4v) is 4.20. The second kappa shape index (κ2) is 12.6. The van der Waals surface area contributed by atoms with Crippen LogP contribution in [0.1, 0.15) is 66.3 Å². The molecule has 0 spiro atoms. The van der Waals surface area contributed by atoms with Crippen molar-refractivity contribution in [2.24, 2.45) is 5.16 Å². The first-order chi connectivity index (χ1) is 16.1. The summed E-state index contributed by atoms with van der Waals surface area (Å²) in [5.41, 5.74) is 7.54. The number of nitrogens with zero attached hydrogens (tertiary/aromatic N) is 1. The van der Waals surface area contributed by atoms with E-state index in [9.17, 15) is 4.79 Å². The van der Waals surface area contributed by atoms with Gasteiger partial charge in [0.05, 0.1) is 0 Å². The van der Waals surface area contributed by atoms with Crippen LogP contribution in [0.3, 0.4) is 0 Å². The highest BCUT2D eigenvalue weighted by molar-refractivity contribution is 6.12. The first-order valence-electron chi connectivity index (χ1n) is 11.7. The number of benzene rings is 3. The van der Waals surface area contributed by atoms with Gasteiger partial charge in [-0.1, -0.05) is 90.9 Å². The summed E-state index contributed by atoms with van der Waals surface area (Å²) in [6, 6.07) is 27.2. The Morgan fingerprint density at radius 2 is 1.58 bits per heavy atom. The van der Waals surface area contributed by atoms with Crippen molar-refractivity contribution in [2.45, 2.75) is 51.9 Å². The van der Waals surface area contributed by atoms with Gasteiger partial charge in [-0.05, 0) is 55.2 Å². The standard InChI is InChI=1S/C26H27NO.C3H6O2/c1-20-10-8-17-25-21(15-9-16-24(20)25)18-19-28-27-26(22-11-4-2-5-12-22)23-13-6-3-7-14-23;1-2-3(4)5/h2-8,10-14,17,21H,9,15-16,18-19H2,1H3;2H2,1H3,(H,4,5). The van der Waals surface area contributed by atoms with E-state index in [1.165, 1.54) is 30.4 Å². The number of hydrogen-bond donors (Lipinski definition) is 1. The number of carboxylic acid groups (broad SMARTS) is 1. The van der Waals surface area contributed by atoms with Crippen LogP contribution in [0.4, 0.5) is 0 Å². The normalized spacial score (nSPS) is 14.3. The molecule has 0 amide bonds. The molecule has 0 saturated heterocycles. The van der Waals surface area contributed by atoms with E-state index in [1.54, 1.807) is 12.5 Å². The van der Waals surface area contributed by atoms with Crippen LogP contribution in [-0.4, -0.2) is 23.4 Å². The van der Waals surface area contributed by atoms with Gasteiger partial charge in [0, 0.05) is 17.5 Å². The summed E-state index contributed by atoms with van der Waals surface area (Å²) < 4.78 is 0. The molecular formula is C29H33NO3. The first kappa shape index (κ1) is 24.2. The van der Waals surface area contributed by atoms with Crippen LogP contribution in [0.5, 0.6) is 0 Å². The molecule has 3 aromatic rings. The molecule has 1 atom stereocenters. The summed E-state index contributed by atoms with van der Waals surface area (Å²) in [5.74, 6) is -0.166. The largest absolute Gasteiger partial charge is 0.481 e. The number of carboxylic acids is 1. The minimum atomic E-state index is -0.745. The summed E-state index contributed by atoms with van der Waals surface area (Å²) in [7, 11) is 0. The highest BCUT2D eigenvalue weighted by Crippen LogP contribution is 2.35. The van der Waals surface area contributed by atoms with Gasteiger partial charge >= 0.3 is 5.97 Å². The van der Waals surface area contributed by atoms with Crippen molar-refractivity contribution < 1.29 is 14.7 Å². The Hall–Kier alpha value is -3.40. The third kappa shape index (κ3) is 7.04. The van der Waals surface area contributed by atoms with Gasteiger partial charge in [0.2, 0.25) is 0 Å². The molecular weight excluding hydrogens is 410 g/mol. The van der Waals surface area contributed by atoms with Crippen molar-refractivity contribution in [3.05, 3.63) is 107 Å². The van der Waals surface area contributed by atoms with Gasteiger partial charge in [0.1, 0.15) is 12.3 Å². The van der Waals surface area contributed by atoms with Gasteiger partial charge in [-0.25, -0.2) is 0 Å². The fraction of sp³-hybridized carbons (Fsp3) is 0.310. The first-order valence-corrected chi connectivity index (χ1v) is 11.7. The third-order valence-corrected chi connectivity index (χ3v) is 5.98. The monoisotopic (exact) mass is 443 g/mol. The van der Waals surface area contributed by atoms with Crippen molar-refractivity contribution >= 4 is 11.7 Å². The average Bonchev–Trinajstić information content (AvgIpc) is 2.86. The Morgan fingerprint density at radius 1 is 0.970 bits per heavy atom. The molecule has 0 bridgehead atoms. The zero-order chi connectivity index (χ0) is 23.5. The zero-order valence-electron chi connectivity index (χ0n) is 19.5. The van der Waals surface area contributed by atoms with E-state index in [0.717, 1.165) is 23.3 Å². The molecule has 1 N–H and O–H groups in total. The molecule has 1 aliphatic carbocycles. The van der Waals surface area contributed by atoms with Crippen molar-refractivity contribution in [2.75, 3.05) is 6.61 Å². The van der Waals surface area contributed by atoms with Crippen LogP contribution in [0, 0.1) is 6.92 Å². The summed E-state index contributed by atoms with van der Waals surface area (Å²) in [4.78, 5) is 15.2. The predicted octanol–water partition coefficient (Wildman–Crippen LogP) is 6.76. The topological polar surface area (TPSA) is 58.9 Å². The SMILES string of the molecule is CCC(=O)O.Cc1cccc2c1CCCC2CCON=C(c1ccccc1)c1ccccc1. The maximum Gasteiger partial charge on any atom is 0.303 e. The second-order valence-corrected chi connectivity index (χ2v) is 8.27. The molecule has 172 valence electrons. The molecule has 0 heterocycles. The number of oxime groups is 1. The Balaban J connectivity index is 0.000000555. The number of aliphatic carboxylic acids is 1. The van der Waals surface area contributed by atoms with Crippen molar-refractivity contribution in [1.29, 1.82) is 0 Å². The highest BCUT2D eigenvalue weighted by Gasteiger charge is 2.21. The zero-order valence-corrected chi connectivity index (χ0v) is 19.5. The summed E-state index contributed by atoms with van der Waals surface area (Å²) in [6.45, 7) is 4.47. The van der Waals surface area contributed by atoms with E-state index in [2.05, 4.69) is 54.5 Å². The van der Waals surface area contributed by atoms with Crippen molar-refractivity contribution in [3.8, 4) is 0 Å². The fourth-order valence-electron chi connectivity index (χ4n) is 4.20. The molecule has 0 radical (unpaired) electrons. The van der Waals surface area contributed by atoms with Crippen molar-refractivity contribution in [1.82, 2.24) is 0 Å². The van der Waals surface area contributed by atoms with Gasteiger partial charge in [0.15, 0.2) is 0 Å². The maximum atomic E-state index is 9.37. The van der Waals surface area contributed by atoms with Gasteiger partial charge < -0.3 is 9.94 Å². The van der Waals surface area contributed by atoms with Crippen LogP contribution in [0.15, 0.2) is 84.0 Å². The lowest BCUT2D eigenvalue weighted by Crippen LogP contribution is -2.13. The molecule has 4 rings (SSSR count). The van der Waals surface area contributed by atoms with Crippen LogP contribution in [0.25, 0.3) is 0 Å². The van der Waals surface area contributed by atoms with Gasteiger partial charge in [-0.15, -0.1) is 0 Å². The predicted molar refractivity (Wildman–Crippen MR) is 134 cm³/mol.